The van der Waals surface area contributed by atoms with Gasteiger partial charge in [0.1, 0.15) is 24.7 Å². The third-order valence-corrected chi connectivity index (χ3v) is 7.67. The van der Waals surface area contributed by atoms with Crippen molar-refractivity contribution >= 4 is 6.03 Å². The van der Waals surface area contributed by atoms with Gasteiger partial charge in [0.25, 0.3) is 0 Å². The van der Waals surface area contributed by atoms with Crippen molar-refractivity contribution < 1.29 is 26.7 Å². The molecular formula is C22H26F5N7O. The molecule has 2 bridgehead atoms. The van der Waals surface area contributed by atoms with E-state index in [-0.39, 0.29) is 18.3 Å². The van der Waals surface area contributed by atoms with Crippen LogP contribution in [0.2, 0.25) is 0 Å². The van der Waals surface area contributed by atoms with Crippen LogP contribution in [-0.4, -0.2) is 65.6 Å². The Balaban J connectivity index is 1.35. The molecule has 8 nitrogen and oxygen atoms in total. The number of carbonyl (C=O) groups is 1. The van der Waals surface area contributed by atoms with Crippen molar-refractivity contribution in [2.75, 3.05) is 0 Å². The number of rotatable bonds is 4. The fourth-order valence-corrected chi connectivity index (χ4v) is 6.40. The minimum absolute atomic E-state index is 0.0176. The zero-order chi connectivity index (χ0) is 25.0. The molecule has 2 aliphatic carbocycles. The van der Waals surface area contributed by atoms with E-state index >= 15 is 4.39 Å². The Bertz CT molecular complexity index is 1050. The third-order valence-electron chi connectivity index (χ3n) is 7.67. The summed E-state index contributed by atoms with van der Waals surface area (Å²) < 4.78 is 71.3. The van der Waals surface area contributed by atoms with E-state index in [0.717, 1.165) is 31.7 Å². The van der Waals surface area contributed by atoms with Crippen molar-refractivity contribution in [3.05, 3.63) is 36.7 Å². The van der Waals surface area contributed by atoms with Crippen LogP contribution in [0.5, 0.6) is 0 Å². The van der Waals surface area contributed by atoms with Gasteiger partial charge in [-0.2, -0.15) is 13.2 Å². The van der Waals surface area contributed by atoms with Crippen molar-refractivity contribution in [2.24, 2.45) is 11.8 Å². The highest BCUT2D eigenvalue weighted by atomic mass is 19.4. The van der Waals surface area contributed by atoms with E-state index in [9.17, 15) is 22.4 Å². The lowest BCUT2D eigenvalue weighted by Gasteiger charge is -2.63. The lowest BCUT2D eigenvalue weighted by molar-refractivity contribution is -0.194. The normalized spacial score (nSPS) is 34.9. The largest absolute Gasteiger partial charge is 0.392 e. The lowest BCUT2D eigenvalue weighted by Crippen LogP contribution is -2.75. The molecular weight excluding hydrogens is 473 g/mol. The van der Waals surface area contributed by atoms with Gasteiger partial charge >= 0.3 is 12.2 Å². The maximum absolute atomic E-state index is 15.0. The molecule has 7 atom stereocenters. The maximum atomic E-state index is 15.0. The molecule has 4 aliphatic rings. The van der Waals surface area contributed by atoms with Crippen LogP contribution in [0.4, 0.5) is 26.7 Å². The third kappa shape index (κ3) is 4.44. The molecule has 0 spiro atoms. The molecule has 4 heterocycles. The molecule has 13 heteroatoms. The number of halogens is 5. The summed E-state index contributed by atoms with van der Waals surface area (Å²) in [6, 6.07) is -1.65. The first-order chi connectivity index (χ1) is 16.6. The van der Waals surface area contributed by atoms with Crippen molar-refractivity contribution in [1.82, 2.24) is 34.9 Å². The summed E-state index contributed by atoms with van der Waals surface area (Å²) in [5.41, 5.74) is -0.483. The summed E-state index contributed by atoms with van der Waals surface area (Å²) in [6.07, 6.45) is -0.668. The molecule has 6 unspecified atom stereocenters. The van der Waals surface area contributed by atoms with Gasteiger partial charge in [0.05, 0.1) is 29.9 Å². The van der Waals surface area contributed by atoms with Crippen LogP contribution in [0.25, 0.3) is 0 Å². The number of amides is 2. The number of carbonyl (C=O) groups excluding carboxylic acids is 1. The van der Waals surface area contributed by atoms with E-state index in [1.54, 1.807) is 22.1 Å². The molecule has 2 aromatic heterocycles. The second-order valence-electron chi connectivity index (χ2n) is 10.2. The molecule has 2 aliphatic heterocycles. The van der Waals surface area contributed by atoms with Crippen molar-refractivity contribution in [1.29, 1.82) is 0 Å². The first kappa shape index (κ1) is 23.9. The number of nitrogens with one attached hydrogen (secondary N) is 1. The molecule has 6 rings (SSSR count). The van der Waals surface area contributed by atoms with Crippen LogP contribution in [0.3, 0.4) is 0 Å². The molecule has 0 radical (unpaired) electrons. The Kier molecular flexibility index (Phi) is 5.91. The quantitative estimate of drug-likeness (QED) is 0.650. The molecule has 35 heavy (non-hydrogen) atoms. The highest BCUT2D eigenvalue weighted by Crippen LogP contribution is 2.51. The number of hydrogen-bond donors (Lipinski definition) is 1. The summed E-state index contributed by atoms with van der Waals surface area (Å²) in [5, 5.41) is 10.3. The predicted octanol–water partition coefficient (Wildman–Crippen LogP) is 3.62. The summed E-state index contributed by atoms with van der Waals surface area (Å²) in [7, 11) is 0. The van der Waals surface area contributed by atoms with Gasteiger partial charge in [0.2, 0.25) is 0 Å². The van der Waals surface area contributed by atoms with E-state index in [0.29, 0.717) is 12.5 Å². The van der Waals surface area contributed by atoms with Gasteiger partial charge in [-0.3, -0.25) is 0 Å². The number of hydrogen-bond acceptors (Lipinski definition) is 5. The minimum atomic E-state index is -4.69. The summed E-state index contributed by atoms with van der Waals surface area (Å²) >= 11 is 0. The SMILES string of the molecule is C[C@@H]1CC2CC(Cn3cnnc3)(C1)N2C(=O)NC1CC(c2ncc(F)cn2)C(C(F)(F)F)CC1F. The lowest BCUT2D eigenvalue weighted by atomic mass is 9.64. The van der Waals surface area contributed by atoms with Crippen LogP contribution < -0.4 is 5.32 Å². The summed E-state index contributed by atoms with van der Waals surface area (Å²) in [4.78, 5) is 22.5. The summed E-state index contributed by atoms with van der Waals surface area (Å²) in [5.74, 6) is -3.92. The van der Waals surface area contributed by atoms with Crippen LogP contribution in [0.15, 0.2) is 25.0 Å². The van der Waals surface area contributed by atoms with Gasteiger partial charge in [-0.15, -0.1) is 10.2 Å². The van der Waals surface area contributed by atoms with E-state index in [1.807, 2.05) is 0 Å². The van der Waals surface area contributed by atoms with Gasteiger partial charge in [0.15, 0.2) is 5.82 Å². The smallest absolute Gasteiger partial charge is 0.332 e. The van der Waals surface area contributed by atoms with Crippen LogP contribution in [-0.2, 0) is 6.54 Å². The topological polar surface area (TPSA) is 88.8 Å². The van der Waals surface area contributed by atoms with Crippen LogP contribution in [0.1, 0.15) is 50.8 Å². The summed E-state index contributed by atoms with van der Waals surface area (Å²) in [6.45, 7) is 2.60. The van der Waals surface area contributed by atoms with Gasteiger partial charge in [-0.25, -0.2) is 23.5 Å². The van der Waals surface area contributed by atoms with Gasteiger partial charge in [0, 0.05) is 18.5 Å². The Morgan fingerprint density at radius 2 is 1.83 bits per heavy atom. The molecule has 1 N–H and O–H groups in total. The highest BCUT2D eigenvalue weighted by molar-refractivity contribution is 5.77. The highest BCUT2D eigenvalue weighted by Gasteiger charge is 2.59. The number of urea groups is 1. The molecule has 2 saturated heterocycles. The number of alkyl halides is 4. The van der Waals surface area contributed by atoms with E-state index in [2.05, 4.69) is 32.4 Å². The fraction of sp³-hybridized carbons (Fsp3) is 0.682. The van der Waals surface area contributed by atoms with Crippen molar-refractivity contribution in [3.63, 3.8) is 0 Å². The fourth-order valence-electron chi connectivity index (χ4n) is 6.40. The maximum Gasteiger partial charge on any atom is 0.392 e. The molecule has 0 aromatic carbocycles. The van der Waals surface area contributed by atoms with Gasteiger partial charge in [-0.05, 0) is 38.0 Å². The van der Waals surface area contributed by atoms with E-state index < -0.39 is 54.0 Å². The molecule has 4 fully saturated rings. The Hall–Kier alpha value is -2.86. The van der Waals surface area contributed by atoms with Crippen molar-refractivity contribution in [2.45, 2.75) is 81.5 Å². The monoisotopic (exact) mass is 499 g/mol. The van der Waals surface area contributed by atoms with Gasteiger partial charge in [-0.1, -0.05) is 6.92 Å². The molecule has 2 amide bonds. The number of nitrogens with zero attached hydrogens (tertiary/aromatic N) is 6. The average molecular weight is 499 g/mol. The Morgan fingerprint density at radius 1 is 1.14 bits per heavy atom. The minimum Gasteiger partial charge on any atom is -0.332 e. The number of aromatic nitrogens is 5. The Morgan fingerprint density at radius 3 is 2.49 bits per heavy atom. The number of fused-ring (bicyclic) bond motifs is 2. The van der Waals surface area contributed by atoms with Crippen LogP contribution >= 0.6 is 0 Å². The first-order valence-electron chi connectivity index (χ1n) is 11.7. The molecule has 2 aromatic rings. The molecule has 2 saturated carbocycles. The number of piperidine rings is 1. The second kappa shape index (κ2) is 8.66. The Labute approximate surface area is 198 Å². The average Bonchev–Trinajstić information content (AvgIpc) is 3.27. The van der Waals surface area contributed by atoms with E-state index in [4.69, 9.17) is 0 Å². The second-order valence-corrected chi connectivity index (χ2v) is 10.2. The molecule has 190 valence electrons. The van der Waals surface area contributed by atoms with Crippen molar-refractivity contribution in [3.8, 4) is 0 Å². The van der Waals surface area contributed by atoms with Gasteiger partial charge < -0.3 is 14.8 Å². The van der Waals surface area contributed by atoms with E-state index in [1.165, 1.54) is 0 Å². The first-order valence-corrected chi connectivity index (χ1v) is 11.7. The zero-order valence-corrected chi connectivity index (χ0v) is 19.0. The zero-order valence-electron chi connectivity index (χ0n) is 19.0. The standard InChI is InChI=1S/C22H26F5N7O/c1-12-2-14-6-21(5-12,9-33-10-30-31-11-33)34(14)20(35)32-18-3-15(19-28-7-13(23)8-29-19)16(4-17(18)24)22(25,26)27/h7-8,10-12,14-18H,2-6,9H2,1H3,(H,32,35)/t12-,14?,15?,16?,17?,18?,21?/m1/s1. The predicted molar refractivity (Wildman–Crippen MR) is 112 cm³/mol. The van der Waals surface area contributed by atoms with Crippen LogP contribution in [0, 0.1) is 17.7 Å².